The number of carbonyl (C=O) groups excluding carboxylic acids is 1. The van der Waals surface area contributed by atoms with Crippen molar-refractivity contribution in [1.29, 1.82) is 0 Å². The van der Waals surface area contributed by atoms with Gasteiger partial charge in [0.25, 0.3) is 0 Å². The molecule has 0 unspecified atom stereocenters. The quantitative estimate of drug-likeness (QED) is 0.855. The predicted octanol–water partition coefficient (Wildman–Crippen LogP) is 2.95. The third kappa shape index (κ3) is 4.81. The Bertz CT molecular complexity index is 690. The number of hydrogen-bond acceptors (Lipinski definition) is 3. The zero-order valence-electron chi connectivity index (χ0n) is 14.8. The van der Waals surface area contributed by atoms with E-state index in [0.717, 1.165) is 5.56 Å². The lowest BCUT2D eigenvalue weighted by atomic mass is 10.1. The average Bonchev–Trinajstić information content (AvgIpc) is 2.52. The first kappa shape index (κ1) is 13.2. The molecule has 0 aliphatic heterocycles. The number of hydrogen-bond donors (Lipinski definition) is 1. The van der Waals surface area contributed by atoms with E-state index in [1.807, 2.05) is 30.3 Å². The van der Waals surface area contributed by atoms with Gasteiger partial charge in [-0.15, -0.1) is 0 Å². The van der Waals surface area contributed by atoms with Crippen LogP contribution in [0.5, 0.6) is 11.5 Å². The van der Waals surface area contributed by atoms with Crippen LogP contribution in [-0.2, 0) is 17.8 Å². The molecule has 22 heavy (non-hydrogen) atoms. The first-order valence-electron chi connectivity index (χ1n) is 8.02. The summed E-state index contributed by atoms with van der Waals surface area (Å²) in [6.07, 6.45) is 0.0436. The Balaban J connectivity index is 2.08. The van der Waals surface area contributed by atoms with Crippen LogP contribution >= 0.6 is 0 Å². The number of aryl methyl sites for hydroxylation is 1. The van der Waals surface area contributed by atoms with Gasteiger partial charge in [0.15, 0.2) is 11.5 Å². The maximum atomic E-state index is 11.1. The van der Waals surface area contributed by atoms with E-state index < -0.39 is 12.4 Å². The number of ether oxygens (including phenoxy) is 2. The summed E-state index contributed by atoms with van der Waals surface area (Å²) in [6, 6.07) is 15.0. The fourth-order valence-electron chi connectivity index (χ4n) is 1.95. The fourth-order valence-corrected chi connectivity index (χ4v) is 1.95. The Morgan fingerprint density at radius 2 is 1.91 bits per heavy atom. The molecule has 0 aliphatic rings. The highest BCUT2D eigenvalue weighted by Gasteiger charge is 2.06. The van der Waals surface area contributed by atoms with Crippen LogP contribution in [0.15, 0.2) is 48.5 Å². The molecule has 0 atom stereocenters. The van der Waals surface area contributed by atoms with Crippen molar-refractivity contribution in [3.8, 4) is 11.5 Å². The predicted molar refractivity (Wildman–Crippen MR) is 86.2 cm³/mol. The minimum absolute atomic E-state index is 0.0436. The Morgan fingerprint density at radius 3 is 2.59 bits per heavy atom. The van der Waals surface area contributed by atoms with Crippen LogP contribution in [0.2, 0.25) is 0 Å². The van der Waals surface area contributed by atoms with Crippen LogP contribution in [0.3, 0.4) is 0 Å². The molecule has 2 aromatic rings. The first-order valence-corrected chi connectivity index (χ1v) is 7.02. The van der Waals surface area contributed by atoms with Crippen molar-refractivity contribution in [2.75, 3.05) is 13.6 Å². The second kappa shape index (κ2) is 8.08. The Labute approximate surface area is 133 Å². The Morgan fingerprint density at radius 1 is 1.14 bits per heavy atom. The smallest absolute Gasteiger partial charge is 0.216 e. The van der Waals surface area contributed by atoms with E-state index in [0.29, 0.717) is 23.7 Å². The number of rotatable bonds is 7. The van der Waals surface area contributed by atoms with Crippen LogP contribution in [0.4, 0.5) is 0 Å². The van der Waals surface area contributed by atoms with Gasteiger partial charge in [-0.3, -0.25) is 4.79 Å². The summed E-state index contributed by atoms with van der Waals surface area (Å²) in [4.78, 5) is 11.1. The molecular formula is C18H21NO3. The normalized spacial score (nSPS) is 12.1. The monoisotopic (exact) mass is 301 g/mol. The van der Waals surface area contributed by atoms with Gasteiger partial charge in [-0.1, -0.05) is 36.4 Å². The lowest BCUT2D eigenvalue weighted by molar-refractivity contribution is -0.118. The first-order chi connectivity index (χ1) is 11.4. The summed E-state index contributed by atoms with van der Waals surface area (Å²) >= 11 is 0. The topological polar surface area (TPSA) is 47.6 Å². The Hall–Kier alpha value is -2.49. The molecule has 0 spiro atoms. The van der Waals surface area contributed by atoms with Crippen molar-refractivity contribution < 1.29 is 17.0 Å². The van der Waals surface area contributed by atoms with Gasteiger partial charge in [0.2, 0.25) is 5.91 Å². The number of benzene rings is 2. The molecular weight excluding hydrogens is 278 g/mol. The molecule has 4 nitrogen and oxygen atoms in total. The molecule has 116 valence electrons. The van der Waals surface area contributed by atoms with Crippen molar-refractivity contribution in [3.63, 3.8) is 0 Å². The molecule has 0 saturated carbocycles. The number of nitrogens with one attached hydrogen (secondary N) is 1. The molecule has 0 bridgehead atoms. The molecule has 1 amide bonds. The van der Waals surface area contributed by atoms with E-state index in [1.165, 1.54) is 14.0 Å². The highest BCUT2D eigenvalue weighted by atomic mass is 16.5. The molecule has 0 aliphatic carbocycles. The highest BCUT2D eigenvalue weighted by Crippen LogP contribution is 2.29. The average molecular weight is 301 g/mol. The maximum Gasteiger partial charge on any atom is 0.216 e. The van der Waals surface area contributed by atoms with E-state index in [-0.39, 0.29) is 6.42 Å². The van der Waals surface area contributed by atoms with Crippen molar-refractivity contribution in [3.05, 3.63) is 59.7 Å². The van der Waals surface area contributed by atoms with E-state index in [4.69, 9.17) is 12.2 Å². The van der Waals surface area contributed by atoms with Crippen molar-refractivity contribution in [2.24, 2.45) is 0 Å². The van der Waals surface area contributed by atoms with Gasteiger partial charge in [-0.05, 0) is 29.7 Å². The van der Waals surface area contributed by atoms with E-state index in [1.54, 1.807) is 18.2 Å². The van der Waals surface area contributed by atoms with Crippen molar-refractivity contribution in [2.45, 2.75) is 20.0 Å². The molecule has 0 aromatic heterocycles. The largest absolute Gasteiger partial charge is 0.493 e. The molecule has 0 heterocycles. The summed E-state index contributed by atoms with van der Waals surface area (Å²) < 4.78 is 26.8. The number of carbonyl (C=O) groups is 1. The van der Waals surface area contributed by atoms with E-state index >= 15 is 0 Å². The molecule has 2 rings (SSSR count). The minimum atomic E-state index is -1.82. The van der Waals surface area contributed by atoms with Crippen LogP contribution in [0.1, 0.15) is 20.8 Å². The number of methoxy groups -OCH3 is 1. The van der Waals surface area contributed by atoms with Crippen LogP contribution in [-0.4, -0.2) is 19.5 Å². The maximum absolute atomic E-state index is 11.1. The SMILES string of the molecule is [2H]C([2H])(Cc1ccc(OCc2ccccc2)c(OC)c1)NC(C)=O. The molecule has 1 N–H and O–H groups in total. The van der Waals surface area contributed by atoms with Crippen LogP contribution in [0.25, 0.3) is 0 Å². The number of amides is 1. The van der Waals surface area contributed by atoms with Gasteiger partial charge in [-0.2, -0.15) is 0 Å². The van der Waals surface area contributed by atoms with E-state index in [2.05, 4.69) is 5.32 Å². The van der Waals surface area contributed by atoms with Gasteiger partial charge in [0.1, 0.15) is 6.61 Å². The van der Waals surface area contributed by atoms with Gasteiger partial charge >= 0.3 is 0 Å². The third-order valence-electron chi connectivity index (χ3n) is 3.02. The molecule has 0 saturated heterocycles. The third-order valence-corrected chi connectivity index (χ3v) is 3.02. The summed E-state index contributed by atoms with van der Waals surface area (Å²) in [5, 5.41) is 2.29. The molecule has 2 aromatic carbocycles. The Kier molecular flexibility index (Phi) is 4.84. The van der Waals surface area contributed by atoms with Gasteiger partial charge in [0.05, 0.1) is 7.11 Å². The molecule has 0 radical (unpaired) electrons. The summed E-state index contributed by atoms with van der Waals surface area (Å²) in [5.41, 5.74) is 1.75. The second-order valence-electron chi connectivity index (χ2n) is 4.79. The second-order valence-corrected chi connectivity index (χ2v) is 4.79. The molecule has 4 heteroatoms. The van der Waals surface area contributed by atoms with E-state index in [9.17, 15) is 4.79 Å². The lowest BCUT2D eigenvalue weighted by Gasteiger charge is -2.12. The van der Waals surface area contributed by atoms with Crippen LogP contribution < -0.4 is 14.8 Å². The zero-order valence-corrected chi connectivity index (χ0v) is 12.8. The fraction of sp³-hybridized carbons (Fsp3) is 0.278. The highest BCUT2D eigenvalue weighted by molar-refractivity contribution is 5.72. The lowest BCUT2D eigenvalue weighted by Crippen LogP contribution is -2.22. The standard InChI is InChI=1S/C18H21NO3/c1-14(20)19-11-10-15-8-9-17(18(12-15)21-2)22-13-16-6-4-3-5-7-16/h3-9,12H,10-11,13H2,1-2H3,(H,19,20)/i11D2. The van der Waals surface area contributed by atoms with Gasteiger partial charge in [-0.25, -0.2) is 0 Å². The van der Waals surface area contributed by atoms with Crippen molar-refractivity contribution >= 4 is 5.91 Å². The minimum Gasteiger partial charge on any atom is -0.493 e. The zero-order chi connectivity index (χ0) is 17.6. The van der Waals surface area contributed by atoms with Crippen LogP contribution in [0, 0.1) is 0 Å². The van der Waals surface area contributed by atoms with Gasteiger partial charge < -0.3 is 14.8 Å². The van der Waals surface area contributed by atoms with Crippen molar-refractivity contribution in [1.82, 2.24) is 5.32 Å². The van der Waals surface area contributed by atoms with Gasteiger partial charge in [0, 0.05) is 16.2 Å². The summed E-state index contributed by atoms with van der Waals surface area (Å²) in [5.74, 6) is 0.710. The summed E-state index contributed by atoms with van der Waals surface area (Å²) in [7, 11) is 1.54. The molecule has 0 fully saturated rings. The summed E-state index contributed by atoms with van der Waals surface area (Å²) in [6.45, 7) is -0.106.